The molecule has 0 atom stereocenters. The second-order valence-electron chi connectivity index (χ2n) is 4.17. The number of fused-ring (bicyclic) bond motifs is 2. The van der Waals surface area contributed by atoms with Crippen LogP contribution in [0, 0.1) is 0 Å². The van der Waals surface area contributed by atoms with Gasteiger partial charge in [0.05, 0.1) is 18.4 Å². The summed E-state index contributed by atoms with van der Waals surface area (Å²) >= 11 is 1.41. The Labute approximate surface area is 125 Å². The van der Waals surface area contributed by atoms with Crippen LogP contribution < -0.4 is 4.90 Å². The summed E-state index contributed by atoms with van der Waals surface area (Å²) in [6, 6.07) is 1.72. The first-order valence-corrected chi connectivity index (χ1v) is 6.90. The quantitative estimate of drug-likeness (QED) is 0.795. The fourth-order valence-electron chi connectivity index (χ4n) is 1.98. The van der Waals surface area contributed by atoms with Crippen molar-refractivity contribution in [1.82, 2.24) is 15.0 Å². The fraction of sp³-hybridized carbons (Fsp3) is 0.231. The van der Waals surface area contributed by atoms with Crippen molar-refractivity contribution < 1.29 is 14.3 Å². The van der Waals surface area contributed by atoms with E-state index in [2.05, 4.69) is 15.0 Å². The topological polar surface area (TPSA) is 77.4 Å². The van der Waals surface area contributed by atoms with Crippen LogP contribution in [0.3, 0.4) is 0 Å². The molecule has 21 heavy (non-hydrogen) atoms. The first-order valence-electron chi connectivity index (χ1n) is 6.08. The van der Waals surface area contributed by atoms with E-state index >= 15 is 0 Å². The largest absolute Gasteiger partial charge is 0.465 e. The number of rotatable bonds is 3. The number of nitrogens with zero attached hydrogens (tertiary/aromatic N) is 4. The van der Waals surface area contributed by atoms with Gasteiger partial charge in [0.15, 0.2) is 5.82 Å². The normalized spacial score (nSPS) is 12.6. The van der Waals surface area contributed by atoms with Gasteiger partial charge in [0.2, 0.25) is 0 Å². The molecule has 3 heterocycles. The Morgan fingerprint density at radius 3 is 2.81 bits per heavy atom. The van der Waals surface area contributed by atoms with Gasteiger partial charge < -0.3 is 9.47 Å². The van der Waals surface area contributed by atoms with Crippen molar-refractivity contribution in [3.8, 4) is 0 Å². The second kappa shape index (κ2) is 5.66. The molecule has 108 valence electrons. The number of aromatic nitrogens is 3. The van der Waals surface area contributed by atoms with E-state index in [0.29, 0.717) is 11.4 Å². The number of hydrogen-bond acceptors (Lipinski definition) is 8. The summed E-state index contributed by atoms with van der Waals surface area (Å²) in [6.45, 7) is 0.283. The number of esters is 1. The zero-order valence-corrected chi connectivity index (χ0v) is 12.3. The number of ether oxygens (including phenoxy) is 2. The number of anilines is 2. The number of carbonyl (C=O) groups is 1. The summed E-state index contributed by atoms with van der Waals surface area (Å²) < 4.78 is 9.96. The summed E-state index contributed by atoms with van der Waals surface area (Å²) in [5.74, 6) is 0.248. The molecule has 0 spiro atoms. The molecule has 0 fully saturated rings. The molecule has 7 nitrogen and oxygen atoms in total. The molecule has 2 aromatic heterocycles. The average Bonchev–Trinajstić information content (AvgIpc) is 2.53. The molecule has 0 N–H and O–H groups in total. The van der Waals surface area contributed by atoms with Gasteiger partial charge >= 0.3 is 5.97 Å². The summed E-state index contributed by atoms with van der Waals surface area (Å²) in [6.07, 6.45) is 4.74. The highest BCUT2D eigenvalue weighted by atomic mass is 32.2. The first kappa shape index (κ1) is 13.8. The van der Waals surface area contributed by atoms with Crippen molar-refractivity contribution in [2.24, 2.45) is 0 Å². The molecule has 0 aliphatic carbocycles. The van der Waals surface area contributed by atoms with Crippen LogP contribution in [0.25, 0.3) is 0 Å². The van der Waals surface area contributed by atoms with Crippen molar-refractivity contribution in [2.45, 2.75) is 10.1 Å². The molecular formula is C13H12N4O3S. The van der Waals surface area contributed by atoms with Crippen LogP contribution in [0.15, 0.2) is 34.7 Å². The van der Waals surface area contributed by atoms with Gasteiger partial charge in [0.25, 0.3) is 0 Å². The van der Waals surface area contributed by atoms with Crippen molar-refractivity contribution in [3.63, 3.8) is 0 Å². The monoisotopic (exact) mass is 304 g/mol. The molecule has 8 heteroatoms. The highest BCUT2D eigenvalue weighted by Crippen LogP contribution is 2.44. The Kier molecular flexibility index (Phi) is 3.72. The molecule has 0 saturated heterocycles. The Bertz CT molecular complexity index is 695. The van der Waals surface area contributed by atoms with Crippen LogP contribution in [-0.4, -0.2) is 41.9 Å². The van der Waals surface area contributed by atoms with Gasteiger partial charge in [0.1, 0.15) is 16.8 Å². The number of hydrogen-bond donors (Lipinski definition) is 0. The zero-order valence-electron chi connectivity index (χ0n) is 11.4. The van der Waals surface area contributed by atoms with Crippen LogP contribution in [0.4, 0.5) is 11.5 Å². The smallest absolute Gasteiger partial charge is 0.339 e. The van der Waals surface area contributed by atoms with Crippen LogP contribution in [-0.2, 0) is 9.47 Å². The molecule has 2 aromatic rings. The van der Waals surface area contributed by atoms with E-state index in [-0.39, 0.29) is 6.73 Å². The van der Waals surface area contributed by atoms with Crippen molar-refractivity contribution in [1.29, 1.82) is 0 Å². The molecule has 0 radical (unpaired) electrons. The summed E-state index contributed by atoms with van der Waals surface area (Å²) in [5.41, 5.74) is 1.13. The Morgan fingerprint density at radius 1 is 1.24 bits per heavy atom. The third-order valence-corrected chi connectivity index (χ3v) is 3.89. The molecule has 0 amide bonds. The van der Waals surface area contributed by atoms with Gasteiger partial charge in [-0.3, -0.25) is 4.90 Å². The van der Waals surface area contributed by atoms with Crippen LogP contribution >= 0.6 is 11.8 Å². The van der Waals surface area contributed by atoms with E-state index in [1.54, 1.807) is 25.6 Å². The van der Waals surface area contributed by atoms with E-state index in [4.69, 9.17) is 9.47 Å². The molecule has 1 aliphatic rings. The molecule has 1 aliphatic heterocycles. The first-order chi connectivity index (χ1) is 10.2. The number of methoxy groups -OCH3 is 2. The fourth-order valence-corrected chi connectivity index (χ4v) is 2.91. The minimum atomic E-state index is -0.433. The van der Waals surface area contributed by atoms with Gasteiger partial charge in [-0.25, -0.2) is 19.7 Å². The highest BCUT2D eigenvalue weighted by Gasteiger charge is 2.27. The van der Waals surface area contributed by atoms with Crippen LogP contribution in [0.5, 0.6) is 0 Å². The predicted octanol–water partition coefficient (Wildman–Crippen LogP) is 1.86. The lowest BCUT2D eigenvalue weighted by molar-refractivity contribution is 0.0600. The lowest BCUT2D eigenvalue weighted by Crippen LogP contribution is -2.25. The highest BCUT2D eigenvalue weighted by molar-refractivity contribution is 7.99. The Morgan fingerprint density at radius 2 is 2.05 bits per heavy atom. The second-order valence-corrected chi connectivity index (χ2v) is 5.15. The average molecular weight is 304 g/mol. The van der Waals surface area contributed by atoms with Crippen LogP contribution in [0.2, 0.25) is 0 Å². The third kappa shape index (κ3) is 2.43. The van der Waals surface area contributed by atoms with Crippen LogP contribution in [0.1, 0.15) is 10.4 Å². The number of carbonyl (C=O) groups excluding carboxylic acids is 1. The van der Waals surface area contributed by atoms with E-state index < -0.39 is 5.97 Å². The molecule has 0 saturated carbocycles. The van der Waals surface area contributed by atoms with Gasteiger partial charge in [-0.15, -0.1) is 0 Å². The zero-order chi connectivity index (χ0) is 14.8. The lowest BCUT2D eigenvalue weighted by Gasteiger charge is -2.29. The van der Waals surface area contributed by atoms with Crippen molar-refractivity contribution >= 4 is 29.2 Å². The standard InChI is InChI=1S/C13H12N4O3S/c1-19-7-17-9-5-8(13(18)20-2)6-16-11(9)21-12-10(17)14-3-4-15-12/h3-6H,7H2,1-2H3. The number of pyridine rings is 1. The maximum atomic E-state index is 11.7. The molecule has 3 rings (SSSR count). The Hall–Kier alpha value is -2.19. The summed E-state index contributed by atoms with van der Waals surface area (Å²) in [7, 11) is 2.93. The summed E-state index contributed by atoms with van der Waals surface area (Å²) in [5, 5.41) is 1.49. The van der Waals surface area contributed by atoms with Crippen molar-refractivity contribution in [3.05, 3.63) is 30.2 Å². The molecule has 0 aromatic carbocycles. The molecule has 0 bridgehead atoms. The maximum absolute atomic E-state index is 11.7. The third-order valence-electron chi connectivity index (χ3n) is 2.90. The van der Waals surface area contributed by atoms with E-state index in [1.165, 1.54) is 25.1 Å². The van der Waals surface area contributed by atoms with Gasteiger partial charge in [-0.05, 0) is 17.8 Å². The minimum absolute atomic E-state index is 0.283. The molecular weight excluding hydrogens is 292 g/mol. The van der Waals surface area contributed by atoms with Gasteiger partial charge in [0, 0.05) is 25.7 Å². The van der Waals surface area contributed by atoms with Gasteiger partial charge in [-0.2, -0.15) is 0 Å². The lowest BCUT2D eigenvalue weighted by atomic mass is 10.2. The van der Waals surface area contributed by atoms with Gasteiger partial charge in [-0.1, -0.05) is 0 Å². The van der Waals surface area contributed by atoms with Crippen molar-refractivity contribution in [2.75, 3.05) is 25.9 Å². The molecule has 0 unspecified atom stereocenters. The summed E-state index contributed by atoms with van der Waals surface area (Å²) in [4.78, 5) is 26.4. The van der Waals surface area contributed by atoms with E-state index in [0.717, 1.165) is 15.7 Å². The maximum Gasteiger partial charge on any atom is 0.339 e. The minimum Gasteiger partial charge on any atom is -0.465 e. The Balaban J connectivity index is 2.10. The van der Waals surface area contributed by atoms with E-state index in [9.17, 15) is 4.79 Å². The predicted molar refractivity (Wildman–Crippen MR) is 75.7 cm³/mol. The SMILES string of the molecule is COCN1c2cc(C(=O)OC)cnc2Sc2nccnc21. The van der Waals surface area contributed by atoms with E-state index in [1.807, 2.05) is 4.90 Å².